The van der Waals surface area contributed by atoms with E-state index >= 15 is 0 Å². The Hall–Kier alpha value is -2.27. The van der Waals surface area contributed by atoms with Gasteiger partial charge in [-0.15, -0.1) is 0 Å². The zero-order valence-electron chi connectivity index (χ0n) is 23.1. The van der Waals surface area contributed by atoms with Gasteiger partial charge >= 0.3 is 21.1 Å². The molecular formula is C33H34N4PtS2. The molecule has 4 nitrogen and oxygen atoms in total. The van der Waals surface area contributed by atoms with Crippen LogP contribution in [0.5, 0.6) is 0 Å². The molecule has 2 saturated carbocycles. The second-order valence-electron chi connectivity index (χ2n) is 11.8. The van der Waals surface area contributed by atoms with Gasteiger partial charge in [0.25, 0.3) is 0 Å². The molecule has 40 heavy (non-hydrogen) atoms. The van der Waals surface area contributed by atoms with Gasteiger partial charge in [-0.1, -0.05) is 82.3 Å². The van der Waals surface area contributed by atoms with Crippen LogP contribution in [0, 0.1) is 0 Å². The first-order valence-electron chi connectivity index (χ1n) is 14.2. The first-order chi connectivity index (χ1) is 18.8. The van der Waals surface area contributed by atoms with Crippen molar-refractivity contribution in [2.75, 3.05) is 0 Å². The second kappa shape index (κ2) is 11.9. The van der Waals surface area contributed by atoms with Crippen LogP contribution in [0.1, 0.15) is 82.8 Å². The van der Waals surface area contributed by atoms with Crippen molar-refractivity contribution >= 4 is 25.3 Å². The minimum Gasteiger partial charge on any atom is -0.779 e. The molecular weight excluding hydrogens is 712 g/mol. The molecule has 0 saturated heterocycles. The van der Waals surface area contributed by atoms with Crippen molar-refractivity contribution < 1.29 is 21.1 Å². The van der Waals surface area contributed by atoms with Gasteiger partial charge in [0.15, 0.2) is 11.6 Å². The summed E-state index contributed by atoms with van der Waals surface area (Å²) in [6.07, 6.45) is 14.9. The number of benzene rings is 2. The molecule has 4 aromatic rings. The van der Waals surface area contributed by atoms with Crippen LogP contribution < -0.4 is 0 Å². The van der Waals surface area contributed by atoms with Crippen LogP contribution >= 0.6 is 0 Å². The Labute approximate surface area is 263 Å². The maximum atomic E-state index is 5.84. The molecule has 2 aliphatic carbocycles. The summed E-state index contributed by atoms with van der Waals surface area (Å²) in [5.74, 6) is 0.968. The first-order valence-corrected chi connectivity index (χ1v) is 15.0. The minimum absolute atomic E-state index is 0. The number of hydrogen-bond acceptors (Lipinski definition) is 6. The largest absolute Gasteiger partial charge is 2.00 e. The van der Waals surface area contributed by atoms with E-state index in [1.165, 1.54) is 68.9 Å². The van der Waals surface area contributed by atoms with Gasteiger partial charge in [-0.3, -0.25) is 0 Å². The van der Waals surface area contributed by atoms with Crippen LogP contribution in [0.15, 0.2) is 70.7 Å². The van der Waals surface area contributed by atoms with Crippen LogP contribution in [0.3, 0.4) is 0 Å². The number of rotatable bonds is 5. The van der Waals surface area contributed by atoms with E-state index in [1.807, 2.05) is 12.1 Å². The molecule has 7 heteroatoms. The Morgan fingerprint density at radius 1 is 0.575 bits per heavy atom. The molecule has 6 rings (SSSR count). The van der Waals surface area contributed by atoms with Crippen molar-refractivity contribution in [3.8, 4) is 34.2 Å². The Morgan fingerprint density at radius 3 is 1.65 bits per heavy atom. The average molecular weight is 746 g/mol. The van der Waals surface area contributed by atoms with Crippen LogP contribution in [-0.2, 0) is 57.2 Å². The van der Waals surface area contributed by atoms with Gasteiger partial charge in [-0.25, -0.2) is 19.9 Å². The molecule has 0 radical (unpaired) electrons. The van der Waals surface area contributed by atoms with Crippen LogP contribution in [0.4, 0.5) is 0 Å². The number of aromatic nitrogens is 4. The van der Waals surface area contributed by atoms with E-state index < -0.39 is 0 Å². The summed E-state index contributed by atoms with van der Waals surface area (Å²) in [5, 5.41) is 0. The third kappa shape index (κ3) is 5.73. The van der Waals surface area contributed by atoms with Gasteiger partial charge in [-0.2, -0.15) is 9.79 Å². The van der Waals surface area contributed by atoms with Crippen molar-refractivity contribution in [2.24, 2.45) is 0 Å². The second-order valence-corrected chi connectivity index (χ2v) is 12.7. The van der Waals surface area contributed by atoms with E-state index in [9.17, 15) is 0 Å². The van der Waals surface area contributed by atoms with Crippen molar-refractivity contribution in [2.45, 2.75) is 92.3 Å². The summed E-state index contributed by atoms with van der Waals surface area (Å²) in [5.41, 5.74) is 6.61. The molecule has 0 aliphatic heterocycles. The summed E-state index contributed by atoms with van der Waals surface area (Å²) in [7, 11) is 0. The molecule has 0 bridgehead atoms. The summed E-state index contributed by atoms with van der Waals surface area (Å²) in [4.78, 5) is 20.4. The molecule has 2 aliphatic rings. The Morgan fingerprint density at radius 2 is 1.07 bits per heavy atom. The van der Waals surface area contributed by atoms with E-state index in [-0.39, 0.29) is 31.9 Å². The average Bonchev–Trinajstić information content (AvgIpc) is 3.41. The SMILES string of the molecule is CC1(c2ccc([S-])c(-c3ccnc(-c4nccc(-c5ccc(C6(C)CCCC6)cc5[S-])n4)n3)c2)CCCCC1.[Pt+2]. The smallest absolute Gasteiger partial charge is 0.779 e. The Balaban J connectivity index is 0.00000323. The fourth-order valence-corrected chi connectivity index (χ4v) is 7.04. The van der Waals surface area contributed by atoms with E-state index in [2.05, 4.69) is 60.2 Å². The fraction of sp³-hybridized carbons (Fsp3) is 0.394. The Kier molecular flexibility index (Phi) is 8.71. The zero-order chi connectivity index (χ0) is 27.0. The third-order valence-corrected chi connectivity index (χ3v) is 9.78. The van der Waals surface area contributed by atoms with E-state index in [0.29, 0.717) is 11.6 Å². The summed E-state index contributed by atoms with van der Waals surface area (Å²) in [6, 6.07) is 16.8. The number of hydrogen-bond donors (Lipinski definition) is 0. The number of nitrogens with zero attached hydrogens (tertiary/aromatic N) is 4. The normalized spacial score (nSPS) is 17.8. The van der Waals surface area contributed by atoms with Gasteiger partial charge in [-0.05, 0) is 70.9 Å². The third-order valence-electron chi connectivity index (χ3n) is 9.08. The quantitative estimate of drug-likeness (QED) is 0.193. The molecule has 2 heterocycles. The molecule has 0 unspecified atom stereocenters. The van der Waals surface area contributed by atoms with Crippen molar-refractivity contribution in [1.29, 1.82) is 0 Å². The van der Waals surface area contributed by atoms with E-state index in [0.717, 1.165) is 32.3 Å². The van der Waals surface area contributed by atoms with Gasteiger partial charge in [0, 0.05) is 12.4 Å². The predicted molar refractivity (Wildman–Crippen MR) is 161 cm³/mol. The predicted octanol–water partition coefficient (Wildman–Crippen LogP) is 8.13. The van der Waals surface area contributed by atoms with Crippen LogP contribution in [-0.4, -0.2) is 19.9 Å². The van der Waals surface area contributed by atoms with Crippen LogP contribution in [0.2, 0.25) is 0 Å². The fourth-order valence-electron chi connectivity index (χ4n) is 6.51. The van der Waals surface area contributed by atoms with Gasteiger partial charge in [0.2, 0.25) is 0 Å². The van der Waals surface area contributed by atoms with Crippen molar-refractivity contribution in [3.63, 3.8) is 0 Å². The summed E-state index contributed by atoms with van der Waals surface area (Å²) < 4.78 is 0. The van der Waals surface area contributed by atoms with Gasteiger partial charge in [0.1, 0.15) is 0 Å². The Bertz CT molecular complexity index is 1510. The topological polar surface area (TPSA) is 51.6 Å². The molecule has 2 aromatic heterocycles. The van der Waals surface area contributed by atoms with Gasteiger partial charge < -0.3 is 25.3 Å². The maximum Gasteiger partial charge on any atom is 2.00 e. The molecule has 0 atom stereocenters. The molecule has 2 fully saturated rings. The molecule has 208 valence electrons. The zero-order valence-corrected chi connectivity index (χ0v) is 27.0. The minimum atomic E-state index is 0. The van der Waals surface area contributed by atoms with E-state index in [4.69, 9.17) is 35.2 Å². The monoisotopic (exact) mass is 745 g/mol. The van der Waals surface area contributed by atoms with Crippen molar-refractivity contribution in [3.05, 3.63) is 72.1 Å². The molecule has 0 amide bonds. The molecule has 0 spiro atoms. The maximum absolute atomic E-state index is 5.84. The first kappa shape index (κ1) is 29.2. The van der Waals surface area contributed by atoms with E-state index in [1.54, 1.807) is 12.4 Å². The standard InChI is InChI=1S/C33H36N4S2.Pt/c1-32(14-4-3-5-15-32)22-9-11-28(38)25(20-22)27-13-19-35-31(37-27)30-34-18-12-26(36-30)24-10-8-23(21-29(24)39)33(2)16-6-7-17-33;/h8-13,18-21,38-39H,3-7,14-17H2,1-2H3;/q;+2/p-2. The molecule has 2 aromatic carbocycles. The summed E-state index contributed by atoms with van der Waals surface area (Å²) >= 11 is 11.6. The molecule has 0 N–H and O–H groups in total. The van der Waals surface area contributed by atoms with Gasteiger partial charge in [0.05, 0.1) is 11.4 Å². The van der Waals surface area contributed by atoms with Crippen molar-refractivity contribution in [1.82, 2.24) is 19.9 Å². The summed E-state index contributed by atoms with van der Waals surface area (Å²) in [6.45, 7) is 4.74. The van der Waals surface area contributed by atoms with Crippen LogP contribution in [0.25, 0.3) is 34.2 Å².